The van der Waals surface area contributed by atoms with Crippen LogP contribution in [0.25, 0.3) is 0 Å². The molecular weight excluding hydrogens is 268 g/mol. The van der Waals surface area contributed by atoms with Gasteiger partial charge in [-0.25, -0.2) is 0 Å². The highest BCUT2D eigenvalue weighted by Gasteiger charge is 2.23. The van der Waals surface area contributed by atoms with Gasteiger partial charge in [0.05, 0.1) is 19.6 Å². The zero-order valence-corrected chi connectivity index (χ0v) is 12.8. The van der Waals surface area contributed by atoms with Crippen LogP contribution in [0.4, 0.5) is 0 Å². The van der Waals surface area contributed by atoms with E-state index >= 15 is 0 Å². The van der Waals surface area contributed by atoms with Crippen LogP contribution in [-0.4, -0.2) is 39.3 Å². The van der Waals surface area contributed by atoms with Gasteiger partial charge in [-0.2, -0.15) is 0 Å². The Morgan fingerprint density at radius 3 is 2.81 bits per heavy atom. The molecule has 0 aromatic heterocycles. The normalized spacial score (nSPS) is 14.4. The van der Waals surface area contributed by atoms with Crippen molar-refractivity contribution in [1.29, 1.82) is 0 Å². The van der Waals surface area contributed by atoms with Crippen LogP contribution >= 0.6 is 0 Å². The Morgan fingerprint density at radius 2 is 2.19 bits per heavy atom. The van der Waals surface area contributed by atoms with Crippen molar-refractivity contribution in [2.24, 2.45) is 5.92 Å². The highest BCUT2D eigenvalue weighted by molar-refractivity contribution is 5.79. The van der Waals surface area contributed by atoms with Crippen molar-refractivity contribution in [1.82, 2.24) is 10.6 Å². The van der Waals surface area contributed by atoms with Crippen molar-refractivity contribution >= 4 is 5.91 Å². The third kappa shape index (κ3) is 4.36. The number of hydrogen-bond acceptors (Lipinski definition) is 4. The molecule has 0 aliphatic carbocycles. The van der Waals surface area contributed by atoms with Gasteiger partial charge in [-0.3, -0.25) is 4.79 Å². The van der Waals surface area contributed by atoms with E-state index in [9.17, 15) is 4.79 Å². The maximum absolute atomic E-state index is 11.7. The molecule has 0 radical (unpaired) electrons. The summed E-state index contributed by atoms with van der Waals surface area (Å²) >= 11 is 0. The summed E-state index contributed by atoms with van der Waals surface area (Å²) in [6.45, 7) is 4.90. The quantitative estimate of drug-likeness (QED) is 0.710. The molecule has 0 bridgehead atoms. The molecular formula is C16H24N2O3. The first kappa shape index (κ1) is 15.6. The second-order valence-electron chi connectivity index (χ2n) is 5.17. The molecule has 2 N–H and O–H groups in total. The number of carbonyl (C=O) groups is 1. The van der Waals surface area contributed by atoms with E-state index in [1.807, 2.05) is 25.1 Å². The van der Waals surface area contributed by atoms with Crippen molar-refractivity contribution in [2.45, 2.75) is 19.8 Å². The Labute approximate surface area is 126 Å². The number of hydrogen-bond donors (Lipinski definition) is 2. The Bertz CT molecular complexity index is 473. The fraction of sp³-hybridized carbons (Fsp3) is 0.562. The molecule has 1 aromatic carbocycles. The van der Waals surface area contributed by atoms with Crippen molar-refractivity contribution < 1.29 is 14.3 Å². The molecule has 5 heteroatoms. The Hall–Kier alpha value is -1.75. The van der Waals surface area contributed by atoms with E-state index in [0.717, 1.165) is 37.4 Å². The standard InChI is InChI=1S/C16H24N2O3/c1-3-21-15-9-12(6-7-14(15)20-2)5-4-8-18-16(19)13-10-17-11-13/h6-7,9,13,17H,3-5,8,10-11H2,1-2H3,(H,18,19). The number of rotatable bonds is 8. The fourth-order valence-corrected chi connectivity index (χ4v) is 2.27. The van der Waals surface area contributed by atoms with Crippen LogP contribution in [0.15, 0.2) is 18.2 Å². The van der Waals surface area contributed by atoms with E-state index in [4.69, 9.17) is 9.47 Å². The summed E-state index contributed by atoms with van der Waals surface area (Å²) in [5.41, 5.74) is 1.19. The average Bonchev–Trinajstić information content (AvgIpc) is 2.42. The summed E-state index contributed by atoms with van der Waals surface area (Å²) < 4.78 is 10.8. The summed E-state index contributed by atoms with van der Waals surface area (Å²) in [4.78, 5) is 11.7. The number of amides is 1. The number of benzene rings is 1. The Kier molecular flexibility index (Phi) is 5.87. The maximum atomic E-state index is 11.7. The molecule has 0 saturated carbocycles. The molecule has 1 amide bonds. The van der Waals surface area contributed by atoms with Gasteiger partial charge >= 0.3 is 0 Å². The number of methoxy groups -OCH3 is 1. The maximum Gasteiger partial charge on any atom is 0.225 e. The van der Waals surface area contributed by atoms with Gasteiger partial charge in [-0.1, -0.05) is 6.07 Å². The SMILES string of the molecule is CCOc1cc(CCCNC(=O)C2CNC2)ccc1OC. The summed E-state index contributed by atoms with van der Waals surface area (Å²) in [6, 6.07) is 5.98. The van der Waals surface area contributed by atoms with E-state index in [-0.39, 0.29) is 11.8 Å². The molecule has 0 spiro atoms. The van der Waals surface area contributed by atoms with Crippen molar-refractivity contribution in [3.05, 3.63) is 23.8 Å². The minimum Gasteiger partial charge on any atom is -0.493 e. The lowest BCUT2D eigenvalue weighted by Gasteiger charge is -2.25. The van der Waals surface area contributed by atoms with Gasteiger partial charge < -0.3 is 20.1 Å². The first-order valence-corrected chi connectivity index (χ1v) is 7.52. The second-order valence-corrected chi connectivity index (χ2v) is 5.17. The average molecular weight is 292 g/mol. The molecule has 0 atom stereocenters. The predicted octanol–water partition coefficient (Wildman–Crippen LogP) is 1.36. The highest BCUT2D eigenvalue weighted by Crippen LogP contribution is 2.28. The van der Waals surface area contributed by atoms with Crippen LogP contribution in [0.5, 0.6) is 11.5 Å². The highest BCUT2D eigenvalue weighted by atomic mass is 16.5. The number of carbonyl (C=O) groups excluding carboxylic acids is 1. The van der Waals surface area contributed by atoms with Crippen molar-refractivity contribution in [3.63, 3.8) is 0 Å². The van der Waals surface area contributed by atoms with E-state index in [1.165, 1.54) is 5.56 Å². The number of ether oxygens (including phenoxy) is 2. The largest absolute Gasteiger partial charge is 0.493 e. The molecule has 116 valence electrons. The monoisotopic (exact) mass is 292 g/mol. The van der Waals surface area contributed by atoms with E-state index < -0.39 is 0 Å². The fourth-order valence-electron chi connectivity index (χ4n) is 2.27. The second kappa shape index (κ2) is 7.88. The molecule has 2 rings (SSSR count). The van der Waals surface area contributed by atoms with Crippen LogP contribution < -0.4 is 20.1 Å². The molecule has 1 aliphatic heterocycles. The van der Waals surface area contributed by atoms with Gasteiger partial charge in [0.15, 0.2) is 11.5 Å². The van der Waals surface area contributed by atoms with Crippen LogP contribution in [0, 0.1) is 5.92 Å². The molecule has 1 aromatic rings. The van der Waals surface area contributed by atoms with Crippen LogP contribution in [0.1, 0.15) is 18.9 Å². The van der Waals surface area contributed by atoms with Gasteiger partial charge in [0.2, 0.25) is 5.91 Å². The third-order valence-corrected chi connectivity index (χ3v) is 3.62. The van der Waals surface area contributed by atoms with Gasteiger partial charge in [0.1, 0.15) is 0 Å². The molecule has 1 aliphatic rings. The lowest BCUT2D eigenvalue weighted by Crippen LogP contribution is -2.50. The topological polar surface area (TPSA) is 59.6 Å². The van der Waals surface area contributed by atoms with Crippen LogP contribution in [0.3, 0.4) is 0 Å². The molecule has 21 heavy (non-hydrogen) atoms. The van der Waals surface area contributed by atoms with Crippen LogP contribution in [-0.2, 0) is 11.2 Å². The third-order valence-electron chi connectivity index (χ3n) is 3.62. The minimum absolute atomic E-state index is 0.163. The van der Waals surface area contributed by atoms with Gasteiger partial charge in [0.25, 0.3) is 0 Å². The predicted molar refractivity (Wildman–Crippen MR) is 81.9 cm³/mol. The summed E-state index contributed by atoms with van der Waals surface area (Å²) in [6.07, 6.45) is 1.83. The zero-order chi connectivity index (χ0) is 15.1. The lowest BCUT2D eigenvalue weighted by molar-refractivity contribution is -0.126. The molecule has 1 heterocycles. The van der Waals surface area contributed by atoms with Gasteiger partial charge in [-0.15, -0.1) is 0 Å². The number of aryl methyl sites for hydroxylation is 1. The van der Waals surface area contributed by atoms with Crippen LogP contribution in [0.2, 0.25) is 0 Å². The van der Waals surface area contributed by atoms with Crippen molar-refractivity contribution in [3.8, 4) is 11.5 Å². The molecule has 0 unspecified atom stereocenters. The summed E-state index contributed by atoms with van der Waals surface area (Å²) in [7, 11) is 1.64. The van der Waals surface area contributed by atoms with Gasteiger partial charge in [-0.05, 0) is 37.5 Å². The summed E-state index contributed by atoms with van der Waals surface area (Å²) in [5, 5.41) is 6.08. The molecule has 1 fully saturated rings. The Morgan fingerprint density at radius 1 is 1.38 bits per heavy atom. The smallest absolute Gasteiger partial charge is 0.225 e. The van der Waals surface area contributed by atoms with E-state index in [0.29, 0.717) is 13.2 Å². The molecule has 1 saturated heterocycles. The lowest BCUT2D eigenvalue weighted by atomic mass is 10.0. The number of nitrogens with one attached hydrogen (secondary N) is 2. The van der Waals surface area contributed by atoms with E-state index in [1.54, 1.807) is 7.11 Å². The first-order chi connectivity index (χ1) is 10.2. The van der Waals surface area contributed by atoms with E-state index in [2.05, 4.69) is 10.6 Å². The van der Waals surface area contributed by atoms with Crippen molar-refractivity contribution in [2.75, 3.05) is 33.4 Å². The molecule has 5 nitrogen and oxygen atoms in total. The zero-order valence-electron chi connectivity index (χ0n) is 12.8. The summed E-state index contributed by atoms with van der Waals surface area (Å²) in [5.74, 6) is 1.86. The minimum atomic E-state index is 0.163. The Balaban J connectivity index is 1.77. The first-order valence-electron chi connectivity index (χ1n) is 7.52. The van der Waals surface area contributed by atoms with Gasteiger partial charge in [0, 0.05) is 19.6 Å².